The van der Waals surface area contributed by atoms with E-state index in [1.165, 1.54) is 0 Å². The molecule has 1 atom stereocenters. The summed E-state index contributed by atoms with van der Waals surface area (Å²) in [6.45, 7) is 5.96. The zero-order valence-corrected chi connectivity index (χ0v) is 12.3. The van der Waals surface area contributed by atoms with Gasteiger partial charge in [-0.2, -0.15) is 0 Å². The summed E-state index contributed by atoms with van der Waals surface area (Å²) in [5.41, 5.74) is 8.56. The minimum absolute atomic E-state index is 0.0509. The van der Waals surface area contributed by atoms with E-state index in [1.54, 1.807) is 13.3 Å². The lowest BCUT2D eigenvalue weighted by molar-refractivity contribution is -0.119. The van der Waals surface area contributed by atoms with Crippen LogP contribution in [0.2, 0.25) is 0 Å². The average Bonchev–Trinajstić information content (AvgIpc) is 2.39. The van der Waals surface area contributed by atoms with Gasteiger partial charge >= 0.3 is 0 Å². The fourth-order valence-corrected chi connectivity index (χ4v) is 2.13. The van der Waals surface area contributed by atoms with Crippen LogP contribution in [0.1, 0.15) is 43.0 Å². The van der Waals surface area contributed by atoms with E-state index in [9.17, 15) is 4.79 Å². The van der Waals surface area contributed by atoms with Crippen LogP contribution in [0, 0.1) is 13.8 Å². The summed E-state index contributed by atoms with van der Waals surface area (Å²) in [6, 6.07) is -0.381. The molecule has 1 aromatic heterocycles. The third kappa shape index (κ3) is 4.03. The molecule has 2 N–H and O–H groups in total. The van der Waals surface area contributed by atoms with Crippen molar-refractivity contribution in [3.63, 3.8) is 0 Å². The highest BCUT2D eigenvalue weighted by Gasteiger charge is 2.17. The third-order valence-corrected chi connectivity index (χ3v) is 3.37. The number of rotatable bonds is 7. The van der Waals surface area contributed by atoms with Crippen LogP contribution in [-0.4, -0.2) is 23.9 Å². The molecule has 0 aliphatic rings. The number of carbonyl (C=O) groups excluding carboxylic acids is 1. The van der Waals surface area contributed by atoms with Crippen molar-refractivity contribution < 1.29 is 9.53 Å². The maximum absolute atomic E-state index is 12.0. The highest BCUT2D eigenvalue weighted by atomic mass is 16.5. The first kappa shape index (κ1) is 15.6. The van der Waals surface area contributed by atoms with Crippen molar-refractivity contribution in [3.8, 4) is 5.75 Å². The topological polar surface area (TPSA) is 65.2 Å². The van der Waals surface area contributed by atoms with Crippen molar-refractivity contribution in [1.82, 2.24) is 4.98 Å². The minimum atomic E-state index is -0.381. The van der Waals surface area contributed by atoms with Crippen LogP contribution in [0.5, 0.6) is 5.75 Å². The summed E-state index contributed by atoms with van der Waals surface area (Å²) in [4.78, 5) is 16.4. The molecule has 106 valence electrons. The molecular formula is C15H24N2O2. The van der Waals surface area contributed by atoms with Gasteiger partial charge in [-0.3, -0.25) is 9.78 Å². The van der Waals surface area contributed by atoms with Crippen LogP contribution in [0.3, 0.4) is 0 Å². The zero-order valence-electron chi connectivity index (χ0n) is 12.3. The van der Waals surface area contributed by atoms with Crippen molar-refractivity contribution in [2.24, 2.45) is 5.73 Å². The number of methoxy groups -OCH3 is 1. The Morgan fingerprint density at radius 2 is 2.16 bits per heavy atom. The molecule has 1 rings (SSSR count). The van der Waals surface area contributed by atoms with E-state index in [1.807, 2.05) is 13.8 Å². The van der Waals surface area contributed by atoms with Crippen LogP contribution in [0.15, 0.2) is 6.20 Å². The van der Waals surface area contributed by atoms with Crippen molar-refractivity contribution in [3.05, 3.63) is 23.0 Å². The summed E-state index contributed by atoms with van der Waals surface area (Å²) in [5.74, 6) is 0.856. The molecule has 1 unspecified atom stereocenters. The smallest absolute Gasteiger partial charge is 0.155 e. The number of nitrogens with two attached hydrogens (primary N) is 1. The second-order valence-electron chi connectivity index (χ2n) is 4.94. The van der Waals surface area contributed by atoms with Gasteiger partial charge in [0.15, 0.2) is 5.78 Å². The third-order valence-electron chi connectivity index (χ3n) is 3.37. The first-order chi connectivity index (χ1) is 9.01. The minimum Gasteiger partial charge on any atom is -0.496 e. The van der Waals surface area contributed by atoms with Gasteiger partial charge in [0.05, 0.1) is 25.3 Å². The number of Topliss-reactive ketones (excluding diaryl/α,β-unsaturated/α-hetero) is 1. The number of ether oxygens (including phenoxy) is 1. The Balaban J connectivity index is 2.80. The molecule has 1 heterocycles. The summed E-state index contributed by atoms with van der Waals surface area (Å²) in [5, 5.41) is 0. The Hall–Kier alpha value is -1.42. The van der Waals surface area contributed by atoms with Crippen LogP contribution < -0.4 is 10.5 Å². The van der Waals surface area contributed by atoms with Gasteiger partial charge in [-0.15, -0.1) is 0 Å². The van der Waals surface area contributed by atoms with Crippen molar-refractivity contribution >= 4 is 5.78 Å². The van der Waals surface area contributed by atoms with Gasteiger partial charge in [0.25, 0.3) is 0 Å². The number of carbonyl (C=O) groups is 1. The molecule has 0 fully saturated rings. The molecule has 0 saturated carbocycles. The molecular weight excluding hydrogens is 240 g/mol. The van der Waals surface area contributed by atoms with Crippen molar-refractivity contribution in [1.29, 1.82) is 0 Å². The summed E-state index contributed by atoms with van der Waals surface area (Å²) in [6.07, 6.45) is 4.81. The van der Waals surface area contributed by atoms with Crippen molar-refractivity contribution in [2.45, 2.75) is 52.5 Å². The SMILES string of the molecule is CCCCC(N)C(=O)Cc1ncc(C)c(OC)c1C. The number of hydrogen-bond donors (Lipinski definition) is 1. The predicted molar refractivity (Wildman–Crippen MR) is 76.5 cm³/mol. The summed E-state index contributed by atoms with van der Waals surface area (Å²) in [7, 11) is 1.63. The fourth-order valence-electron chi connectivity index (χ4n) is 2.13. The second-order valence-corrected chi connectivity index (χ2v) is 4.94. The fraction of sp³-hybridized carbons (Fsp3) is 0.600. The number of aromatic nitrogens is 1. The molecule has 0 aromatic carbocycles. The summed E-state index contributed by atoms with van der Waals surface area (Å²) >= 11 is 0. The molecule has 0 radical (unpaired) electrons. The largest absolute Gasteiger partial charge is 0.496 e. The Kier molecular flexibility index (Phi) is 5.96. The maximum atomic E-state index is 12.0. The Morgan fingerprint density at radius 3 is 2.74 bits per heavy atom. The Bertz CT molecular complexity index is 444. The Morgan fingerprint density at radius 1 is 1.47 bits per heavy atom. The van der Waals surface area contributed by atoms with Gasteiger partial charge in [0, 0.05) is 17.3 Å². The first-order valence-electron chi connectivity index (χ1n) is 6.78. The lowest BCUT2D eigenvalue weighted by Crippen LogP contribution is -2.32. The number of aryl methyl sites for hydroxylation is 1. The molecule has 0 saturated heterocycles. The molecule has 19 heavy (non-hydrogen) atoms. The van der Waals surface area contributed by atoms with Gasteiger partial charge in [0.1, 0.15) is 5.75 Å². The quantitative estimate of drug-likeness (QED) is 0.821. The van der Waals surface area contributed by atoms with Gasteiger partial charge in [0.2, 0.25) is 0 Å². The highest BCUT2D eigenvalue weighted by Crippen LogP contribution is 2.24. The highest BCUT2D eigenvalue weighted by molar-refractivity contribution is 5.85. The van der Waals surface area contributed by atoms with Gasteiger partial charge in [-0.1, -0.05) is 19.8 Å². The first-order valence-corrected chi connectivity index (χ1v) is 6.78. The average molecular weight is 264 g/mol. The maximum Gasteiger partial charge on any atom is 0.155 e. The van der Waals surface area contributed by atoms with E-state index in [4.69, 9.17) is 10.5 Å². The van der Waals surface area contributed by atoms with Gasteiger partial charge in [-0.05, 0) is 20.3 Å². The lowest BCUT2D eigenvalue weighted by Gasteiger charge is -2.14. The monoisotopic (exact) mass is 264 g/mol. The van der Waals surface area contributed by atoms with Gasteiger partial charge < -0.3 is 10.5 Å². The number of ketones is 1. The zero-order chi connectivity index (χ0) is 14.4. The van der Waals surface area contributed by atoms with E-state index in [0.29, 0.717) is 0 Å². The van der Waals surface area contributed by atoms with E-state index in [2.05, 4.69) is 11.9 Å². The molecule has 0 bridgehead atoms. The van der Waals surface area contributed by atoms with Gasteiger partial charge in [-0.25, -0.2) is 0 Å². The van der Waals surface area contributed by atoms with E-state index >= 15 is 0 Å². The molecule has 0 aliphatic heterocycles. The van der Waals surface area contributed by atoms with Crippen LogP contribution in [0.25, 0.3) is 0 Å². The number of unbranched alkanes of at least 4 members (excludes halogenated alkanes) is 1. The molecule has 1 aromatic rings. The standard InChI is InChI=1S/C15H24N2O2/c1-5-6-7-12(16)14(18)8-13-11(3)15(19-4)10(2)9-17-13/h9,12H,5-8,16H2,1-4H3. The predicted octanol–water partition coefficient (Wildman–Crippen LogP) is 2.34. The number of hydrogen-bond acceptors (Lipinski definition) is 4. The molecule has 4 heteroatoms. The van der Waals surface area contributed by atoms with Crippen LogP contribution in [0.4, 0.5) is 0 Å². The molecule has 0 amide bonds. The Labute approximate surface area is 115 Å². The second kappa shape index (κ2) is 7.24. The van der Waals surface area contributed by atoms with E-state index < -0.39 is 0 Å². The lowest BCUT2D eigenvalue weighted by atomic mass is 10.00. The molecule has 0 aliphatic carbocycles. The van der Waals surface area contributed by atoms with E-state index in [0.717, 1.165) is 41.8 Å². The van der Waals surface area contributed by atoms with E-state index in [-0.39, 0.29) is 18.2 Å². The number of nitrogens with zero attached hydrogens (tertiary/aromatic N) is 1. The van der Waals surface area contributed by atoms with Crippen molar-refractivity contribution in [2.75, 3.05) is 7.11 Å². The summed E-state index contributed by atoms with van der Waals surface area (Å²) < 4.78 is 5.34. The van der Waals surface area contributed by atoms with Crippen LogP contribution in [-0.2, 0) is 11.2 Å². The molecule has 4 nitrogen and oxygen atoms in total. The number of pyridine rings is 1. The normalized spacial score (nSPS) is 12.3. The van der Waals surface area contributed by atoms with Crippen LogP contribution >= 0.6 is 0 Å². The molecule has 0 spiro atoms.